The van der Waals surface area contributed by atoms with Gasteiger partial charge in [-0.2, -0.15) is 0 Å². The fraction of sp³-hybridized carbons (Fsp3) is 0.459. The van der Waals surface area contributed by atoms with Crippen LogP contribution in [0, 0.1) is 20.8 Å². The van der Waals surface area contributed by atoms with E-state index in [0.29, 0.717) is 32.4 Å². The van der Waals surface area contributed by atoms with Gasteiger partial charge < -0.3 is 24.7 Å². The van der Waals surface area contributed by atoms with E-state index in [9.17, 15) is 14.7 Å². The van der Waals surface area contributed by atoms with Crippen molar-refractivity contribution in [2.75, 3.05) is 26.8 Å². The van der Waals surface area contributed by atoms with Crippen molar-refractivity contribution >= 4 is 45.1 Å². The lowest BCUT2D eigenvalue weighted by molar-refractivity contribution is -0.141. The number of carbonyl (C=O) groups excluding carboxylic acids is 2. The molecule has 0 saturated heterocycles. The molecule has 8 bridgehead atoms. The molecule has 0 saturated carbocycles. The zero-order chi connectivity index (χ0) is 33.3. The summed E-state index contributed by atoms with van der Waals surface area (Å²) in [4.78, 5) is 43.5. The SMILES string of the molecule is CCc1c(C)c2cc3nc(cc4nc(c(C)c5cc(C)c(cc1[nH]2)[nH]5)[C@@H](CCC(=O)N(C)CCCOC(C)=O)[C@@H]4C)C(C)=C3CO. The first kappa shape index (κ1) is 33.1. The number of hydrogen-bond acceptors (Lipinski definition) is 6. The Morgan fingerprint density at radius 3 is 2.37 bits per heavy atom. The van der Waals surface area contributed by atoms with Gasteiger partial charge in [0.1, 0.15) is 0 Å². The molecule has 3 aromatic heterocycles. The number of carbonyl (C=O) groups is 2. The lowest BCUT2D eigenvalue weighted by Crippen LogP contribution is -2.28. The molecule has 2 atom stereocenters. The third kappa shape index (κ3) is 6.51. The van der Waals surface area contributed by atoms with E-state index in [1.807, 2.05) is 13.0 Å². The molecule has 5 rings (SSSR count). The second-order valence-corrected chi connectivity index (χ2v) is 12.8. The van der Waals surface area contributed by atoms with Crippen molar-refractivity contribution in [3.63, 3.8) is 0 Å². The zero-order valence-electron chi connectivity index (χ0n) is 28.4. The Bertz CT molecular complexity index is 1860. The minimum atomic E-state index is -0.310. The summed E-state index contributed by atoms with van der Waals surface area (Å²) in [7, 11) is 1.80. The second-order valence-electron chi connectivity index (χ2n) is 12.8. The molecule has 5 heterocycles. The van der Waals surface area contributed by atoms with Gasteiger partial charge in [-0.1, -0.05) is 13.8 Å². The van der Waals surface area contributed by atoms with Crippen molar-refractivity contribution in [3.8, 4) is 0 Å². The monoisotopic (exact) mass is 625 g/mol. The van der Waals surface area contributed by atoms with Crippen LogP contribution in [-0.4, -0.2) is 68.6 Å². The third-order valence-electron chi connectivity index (χ3n) is 9.76. The lowest BCUT2D eigenvalue weighted by Gasteiger charge is -2.20. The zero-order valence-corrected chi connectivity index (χ0v) is 28.4. The number of aliphatic hydroxyl groups is 1. The Morgan fingerprint density at radius 1 is 0.957 bits per heavy atom. The van der Waals surface area contributed by atoms with Crippen molar-refractivity contribution in [1.82, 2.24) is 24.8 Å². The predicted molar refractivity (Wildman–Crippen MR) is 183 cm³/mol. The van der Waals surface area contributed by atoms with Crippen molar-refractivity contribution in [2.24, 2.45) is 0 Å². The number of aliphatic hydroxyl groups excluding tert-OH is 1. The van der Waals surface area contributed by atoms with Crippen LogP contribution in [0.5, 0.6) is 0 Å². The van der Waals surface area contributed by atoms with Crippen LogP contribution in [0.2, 0.25) is 0 Å². The van der Waals surface area contributed by atoms with Gasteiger partial charge in [-0.05, 0) is 99.0 Å². The van der Waals surface area contributed by atoms with Gasteiger partial charge in [0.15, 0.2) is 0 Å². The fourth-order valence-electron chi connectivity index (χ4n) is 6.77. The maximum absolute atomic E-state index is 13.2. The molecule has 2 aliphatic rings. The van der Waals surface area contributed by atoms with Crippen molar-refractivity contribution < 1.29 is 19.4 Å². The molecule has 244 valence electrons. The van der Waals surface area contributed by atoms with Gasteiger partial charge in [0.2, 0.25) is 5.91 Å². The molecular weight excluding hydrogens is 578 g/mol. The smallest absolute Gasteiger partial charge is 0.302 e. The summed E-state index contributed by atoms with van der Waals surface area (Å²) in [6.07, 6.45) is 2.52. The van der Waals surface area contributed by atoms with E-state index in [-0.39, 0.29) is 30.3 Å². The van der Waals surface area contributed by atoms with Gasteiger partial charge in [0, 0.05) is 77.8 Å². The van der Waals surface area contributed by atoms with Crippen molar-refractivity contribution in [3.05, 3.63) is 69.3 Å². The first-order valence-corrected chi connectivity index (χ1v) is 16.3. The molecule has 1 amide bonds. The first-order chi connectivity index (χ1) is 21.9. The van der Waals surface area contributed by atoms with Crippen LogP contribution in [0.25, 0.3) is 33.2 Å². The molecule has 3 N–H and O–H groups in total. The Balaban J connectivity index is 1.63. The average Bonchev–Trinajstić information content (AvgIpc) is 3.72. The fourth-order valence-corrected chi connectivity index (χ4v) is 6.77. The number of amides is 1. The van der Waals surface area contributed by atoms with Crippen LogP contribution < -0.4 is 0 Å². The van der Waals surface area contributed by atoms with Crippen LogP contribution in [-0.2, 0) is 20.7 Å². The highest BCUT2D eigenvalue weighted by molar-refractivity contribution is 5.92. The lowest BCUT2D eigenvalue weighted by atomic mass is 9.85. The maximum atomic E-state index is 13.2. The minimum absolute atomic E-state index is 0.0369. The number of aryl methyl sites for hydroxylation is 4. The summed E-state index contributed by atoms with van der Waals surface area (Å²) in [5.74, 6) is -0.153. The number of esters is 1. The summed E-state index contributed by atoms with van der Waals surface area (Å²) < 4.78 is 5.02. The standard InChI is InChI=1S/C37H47N5O4/c1-9-26-21(3)32-18-35-28(19-43)23(5)31(40-35)17-33-22(4)27(11-12-36(45)42(8)13-10-14-46-25(7)44)37(41-33)24(6)30-15-20(2)29(38-30)16-34(26)39-32/h15-18,22,27,38-39,43H,9-14,19H2,1-8H3/t22-,27-/m0/s1. The van der Waals surface area contributed by atoms with Crippen LogP contribution in [0.1, 0.15) is 104 Å². The van der Waals surface area contributed by atoms with E-state index in [1.165, 1.54) is 18.1 Å². The number of H-pyrrole nitrogens is 2. The molecule has 0 aromatic carbocycles. The van der Waals surface area contributed by atoms with Gasteiger partial charge >= 0.3 is 5.97 Å². The maximum Gasteiger partial charge on any atom is 0.302 e. The van der Waals surface area contributed by atoms with Crippen LogP contribution >= 0.6 is 0 Å². The van der Waals surface area contributed by atoms with E-state index in [1.54, 1.807) is 11.9 Å². The first-order valence-electron chi connectivity index (χ1n) is 16.3. The highest BCUT2D eigenvalue weighted by atomic mass is 16.5. The number of aromatic amines is 2. The van der Waals surface area contributed by atoms with Crippen molar-refractivity contribution in [1.29, 1.82) is 0 Å². The summed E-state index contributed by atoms with van der Waals surface area (Å²) in [6.45, 7) is 14.8. The van der Waals surface area contributed by atoms with Crippen LogP contribution in [0.4, 0.5) is 0 Å². The molecule has 0 unspecified atom stereocenters. The molecule has 3 aromatic rings. The molecule has 0 radical (unpaired) electrons. The third-order valence-corrected chi connectivity index (χ3v) is 9.76. The highest BCUT2D eigenvalue weighted by Crippen LogP contribution is 2.42. The van der Waals surface area contributed by atoms with E-state index in [0.717, 1.165) is 73.5 Å². The molecule has 46 heavy (non-hydrogen) atoms. The molecule has 0 spiro atoms. The molecule has 2 aliphatic heterocycles. The van der Waals surface area contributed by atoms with E-state index in [2.05, 4.69) is 62.8 Å². The quantitative estimate of drug-likeness (QED) is 0.177. The predicted octanol–water partition coefficient (Wildman–Crippen LogP) is 6.80. The topological polar surface area (TPSA) is 124 Å². The Kier molecular flexibility index (Phi) is 9.82. The number of ether oxygens (including phenoxy) is 1. The number of rotatable bonds is 9. The van der Waals surface area contributed by atoms with E-state index < -0.39 is 0 Å². The average molecular weight is 626 g/mol. The van der Waals surface area contributed by atoms with Gasteiger partial charge in [0.05, 0.1) is 24.6 Å². The normalized spacial score (nSPS) is 16.2. The molecule has 9 heteroatoms. The van der Waals surface area contributed by atoms with Gasteiger partial charge in [-0.3, -0.25) is 14.6 Å². The van der Waals surface area contributed by atoms with Crippen molar-refractivity contribution in [2.45, 2.75) is 86.0 Å². The Morgan fingerprint density at radius 2 is 1.67 bits per heavy atom. The van der Waals surface area contributed by atoms with Gasteiger partial charge in [-0.15, -0.1) is 0 Å². The number of nitrogens with zero attached hydrogens (tertiary/aromatic N) is 3. The number of aromatic nitrogens is 4. The molecule has 0 aliphatic carbocycles. The van der Waals surface area contributed by atoms with E-state index >= 15 is 0 Å². The van der Waals surface area contributed by atoms with Gasteiger partial charge in [0.25, 0.3) is 0 Å². The van der Waals surface area contributed by atoms with Crippen LogP contribution in [0.15, 0.2) is 24.3 Å². The summed E-state index contributed by atoms with van der Waals surface area (Å²) in [5.41, 5.74) is 14.0. The number of allylic oxidation sites excluding steroid dienone is 1. The summed E-state index contributed by atoms with van der Waals surface area (Å²) in [6, 6.07) is 8.47. The molecule has 0 fully saturated rings. The Labute approximate surface area is 271 Å². The Hall–Kier alpha value is -4.24. The largest absolute Gasteiger partial charge is 0.466 e. The number of hydrogen-bond donors (Lipinski definition) is 3. The summed E-state index contributed by atoms with van der Waals surface area (Å²) >= 11 is 0. The number of fused-ring (bicyclic) bond motifs is 8. The second kappa shape index (κ2) is 13.6. The van der Waals surface area contributed by atoms with Crippen LogP contribution in [0.3, 0.4) is 0 Å². The number of nitrogens with one attached hydrogen (secondary N) is 2. The van der Waals surface area contributed by atoms with E-state index in [4.69, 9.17) is 14.7 Å². The minimum Gasteiger partial charge on any atom is -0.466 e. The highest BCUT2D eigenvalue weighted by Gasteiger charge is 2.31. The molecular formula is C37H47N5O4. The summed E-state index contributed by atoms with van der Waals surface area (Å²) in [5, 5.41) is 10.4. The van der Waals surface area contributed by atoms with Gasteiger partial charge in [-0.25, -0.2) is 4.98 Å². The molecule has 9 nitrogen and oxygen atoms in total.